The van der Waals surface area contributed by atoms with Gasteiger partial charge < -0.3 is 14.2 Å². The second kappa shape index (κ2) is 9.43. The van der Waals surface area contributed by atoms with Gasteiger partial charge in [0.25, 0.3) is 0 Å². The minimum absolute atomic E-state index is 0.153. The number of hydrogen-bond acceptors (Lipinski definition) is 5. The number of methoxy groups -OCH3 is 1. The molecule has 0 amide bonds. The molecule has 6 heteroatoms. The van der Waals surface area contributed by atoms with E-state index in [0.29, 0.717) is 18.6 Å². The monoisotopic (exact) mass is 433 g/mol. The van der Waals surface area contributed by atoms with Crippen LogP contribution in [-0.2, 0) is 9.47 Å². The molecule has 1 unspecified atom stereocenters. The minimum atomic E-state index is -0.313. The molecule has 1 heterocycles. The van der Waals surface area contributed by atoms with Crippen LogP contribution in [-0.4, -0.2) is 25.3 Å². The average molecular weight is 434 g/mol. The van der Waals surface area contributed by atoms with Crippen molar-refractivity contribution in [3.8, 4) is 11.8 Å². The van der Waals surface area contributed by atoms with Crippen molar-refractivity contribution in [1.29, 1.82) is 5.26 Å². The fourth-order valence-corrected chi connectivity index (χ4v) is 4.18. The number of thioether (sulfide) groups is 1. The highest BCUT2D eigenvalue weighted by molar-refractivity contribution is 9.10. The Morgan fingerprint density at radius 3 is 2.73 bits per heavy atom. The van der Waals surface area contributed by atoms with Gasteiger partial charge in [0.1, 0.15) is 11.9 Å². The fraction of sp³-hybridized carbons (Fsp3) is 0.350. The molecule has 3 rings (SSSR count). The number of benzene rings is 2. The lowest BCUT2D eigenvalue weighted by molar-refractivity contribution is -0.0480. The number of hydrogen-bond donors (Lipinski definition) is 0. The van der Waals surface area contributed by atoms with E-state index in [1.54, 1.807) is 18.9 Å². The molecule has 0 aromatic heterocycles. The van der Waals surface area contributed by atoms with Crippen LogP contribution in [0.5, 0.6) is 5.75 Å². The maximum Gasteiger partial charge on any atom is 0.168 e. The van der Waals surface area contributed by atoms with Crippen LogP contribution >= 0.6 is 27.7 Å². The van der Waals surface area contributed by atoms with E-state index in [-0.39, 0.29) is 18.5 Å². The van der Waals surface area contributed by atoms with Crippen molar-refractivity contribution in [1.82, 2.24) is 0 Å². The van der Waals surface area contributed by atoms with Gasteiger partial charge in [-0.1, -0.05) is 34.1 Å². The largest absolute Gasteiger partial charge is 0.497 e. The van der Waals surface area contributed by atoms with E-state index in [4.69, 9.17) is 19.5 Å². The summed E-state index contributed by atoms with van der Waals surface area (Å²) in [7, 11) is 1.64. The van der Waals surface area contributed by atoms with Crippen molar-refractivity contribution in [2.75, 3.05) is 12.9 Å². The predicted octanol–water partition coefficient (Wildman–Crippen LogP) is 5.34. The van der Waals surface area contributed by atoms with Crippen molar-refractivity contribution in [3.63, 3.8) is 0 Å². The van der Waals surface area contributed by atoms with Crippen molar-refractivity contribution in [2.24, 2.45) is 0 Å². The zero-order valence-electron chi connectivity index (χ0n) is 14.4. The first kappa shape index (κ1) is 19.2. The average Bonchev–Trinajstić information content (AvgIpc) is 3.09. The van der Waals surface area contributed by atoms with Gasteiger partial charge in [-0.15, -0.1) is 11.8 Å². The van der Waals surface area contributed by atoms with Crippen LogP contribution in [0.4, 0.5) is 0 Å². The summed E-state index contributed by atoms with van der Waals surface area (Å²) < 4.78 is 18.6. The van der Waals surface area contributed by atoms with E-state index in [1.807, 2.05) is 36.4 Å². The highest BCUT2D eigenvalue weighted by Gasteiger charge is 2.37. The first-order valence-electron chi connectivity index (χ1n) is 8.40. The van der Waals surface area contributed by atoms with Crippen molar-refractivity contribution in [2.45, 2.75) is 36.2 Å². The molecule has 2 aromatic carbocycles. The maximum absolute atomic E-state index is 8.96. The molecule has 4 nitrogen and oxygen atoms in total. The third-order valence-corrected chi connectivity index (χ3v) is 5.91. The molecule has 0 N–H and O–H groups in total. The summed E-state index contributed by atoms with van der Waals surface area (Å²) in [5.74, 6) is 1.47. The lowest BCUT2D eigenvalue weighted by atomic mass is 10.0. The summed E-state index contributed by atoms with van der Waals surface area (Å²) in [4.78, 5) is 1.18. The highest BCUT2D eigenvalue weighted by Crippen LogP contribution is 2.40. The predicted molar refractivity (Wildman–Crippen MR) is 105 cm³/mol. The Kier molecular flexibility index (Phi) is 6.98. The van der Waals surface area contributed by atoms with Crippen LogP contribution < -0.4 is 4.74 Å². The van der Waals surface area contributed by atoms with Gasteiger partial charge in [0, 0.05) is 27.1 Å². The third-order valence-electron chi connectivity index (χ3n) is 4.14. The van der Waals surface area contributed by atoms with Gasteiger partial charge in [-0.3, -0.25) is 0 Å². The SMILES string of the molecule is COc1ccc(Br)c([C@@H]2OC(CSc3ccccc3)O[C@H]2CCC#N)c1. The Hall–Kier alpha value is -1.52. The van der Waals surface area contributed by atoms with Gasteiger partial charge in [-0.05, 0) is 36.8 Å². The quantitative estimate of drug-likeness (QED) is 0.551. The zero-order valence-corrected chi connectivity index (χ0v) is 16.8. The summed E-state index contributed by atoms with van der Waals surface area (Å²) in [5.41, 5.74) is 0.986. The highest BCUT2D eigenvalue weighted by atomic mass is 79.9. The molecule has 0 radical (unpaired) electrons. The molecular formula is C20H20BrNO3S. The number of nitriles is 1. The van der Waals surface area contributed by atoms with Gasteiger partial charge in [-0.2, -0.15) is 5.26 Å². The summed E-state index contributed by atoms with van der Waals surface area (Å²) in [6.45, 7) is 0. The van der Waals surface area contributed by atoms with E-state index >= 15 is 0 Å². The Bertz CT molecular complexity index is 765. The van der Waals surface area contributed by atoms with E-state index in [0.717, 1.165) is 15.8 Å². The number of nitrogens with zero attached hydrogens (tertiary/aromatic N) is 1. The standard InChI is InChI=1S/C20H20BrNO3S/c1-23-14-9-10-17(21)16(12-14)20-18(8-5-11-22)24-19(25-20)13-26-15-6-3-2-4-7-15/h2-4,6-7,9-10,12,18-20H,5,8,13H2,1H3/t18-,19?,20-/m0/s1. The van der Waals surface area contributed by atoms with Crippen LogP contribution in [0.25, 0.3) is 0 Å². The topological polar surface area (TPSA) is 51.5 Å². The van der Waals surface area contributed by atoms with E-state index < -0.39 is 0 Å². The summed E-state index contributed by atoms with van der Waals surface area (Å²) >= 11 is 5.30. The molecule has 0 bridgehead atoms. The second-order valence-electron chi connectivity index (χ2n) is 5.87. The zero-order chi connectivity index (χ0) is 18.4. The summed E-state index contributed by atoms with van der Waals surface area (Å²) in [6.07, 6.45) is 0.378. The Labute approximate surface area is 166 Å². The molecule has 1 fully saturated rings. The lowest BCUT2D eigenvalue weighted by Gasteiger charge is -2.18. The smallest absolute Gasteiger partial charge is 0.168 e. The van der Waals surface area contributed by atoms with Crippen molar-refractivity contribution < 1.29 is 14.2 Å². The molecule has 0 spiro atoms. The third kappa shape index (κ3) is 4.80. The molecule has 0 aliphatic carbocycles. The molecule has 26 heavy (non-hydrogen) atoms. The van der Waals surface area contributed by atoms with E-state index in [2.05, 4.69) is 34.1 Å². The molecular weight excluding hydrogens is 414 g/mol. The number of ether oxygens (including phenoxy) is 3. The van der Waals surface area contributed by atoms with Crippen LogP contribution in [0.15, 0.2) is 57.9 Å². The molecule has 1 saturated heterocycles. The Balaban J connectivity index is 1.73. The summed E-state index contributed by atoms with van der Waals surface area (Å²) in [5, 5.41) is 8.96. The molecule has 3 atom stereocenters. The van der Waals surface area contributed by atoms with Crippen molar-refractivity contribution >= 4 is 27.7 Å². The first-order valence-corrected chi connectivity index (χ1v) is 10.2. The van der Waals surface area contributed by atoms with Crippen LogP contribution in [0.3, 0.4) is 0 Å². The molecule has 136 valence electrons. The maximum atomic E-state index is 8.96. The number of rotatable bonds is 7. The molecule has 2 aromatic rings. The lowest BCUT2D eigenvalue weighted by Crippen LogP contribution is -2.16. The number of halogens is 1. The van der Waals surface area contributed by atoms with E-state index in [9.17, 15) is 0 Å². The fourth-order valence-electron chi connectivity index (χ4n) is 2.88. The van der Waals surface area contributed by atoms with Gasteiger partial charge in [0.15, 0.2) is 6.29 Å². The molecule has 0 saturated carbocycles. The van der Waals surface area contributed by atoms with Crippen molar-refractivity contribution in [3.05, 3.63) is 58.6 Å². The summed E-state index contributed by atoms with van der Waals surface area (Å²) in [6, 6.07) is 18.2. The van der Waals surface area contributed by atoms with Gasteiger partial charge in [0.2, 0.25) is 0 Å². The minimum Gasteiger partial charge on any atom is -0.497 e. The Morgan fingerprint density at radius 1 is 1.19 bits per heavy atom. The first-order chi connectivity index (χ1) is 12.7. The molecule has 1 aliphatic heterocycles. The normalized spacial score (nSPS) is 22.1. The Morgan fingerprint density at radius 2 is 2.00 bits per heavy atom. The van der Waals surface area contributed by atoms with Gasteiger partial charge in [0.05, 0.1) is 19.3 Å². The second-order valence-corrected chi connectivity index (χ2v) is 7.82. The van der Waals surface area contributed by atoms with Crippen LogP contribution in [0, 0.1) is 11.3 Å². The van der Waals surface area contributed by atoms with E-state index in [1.165, 1.54) is 4.90 Å². The van der Waals surface area contributed by atoms with Crippen LogP contribution in [0.2, 0.25) is 0 Å². The van der Waals surface area contributed by atoms with Gasteiger partial charge >= 0.3 is 0 Å². The van der Waals surface area contributed by atoms with Gasteiger partial charge in [-0.25, -0.2) is 0 Å². The van der Waals surface area contributed by atoms with Crippen LogP contribution in [0.1, 0.15) is 24.5 Å². The molecule has 1 aliphatic rings.